The van der Waals surface area contributed by atoms with Crippen molar-refractivity contribution in [3.05, 3.63) is 34.8 Å². The lowest BCUT2D eigenvalue weighted by Crippen LogP contribution is -2.09. The molecule has 2 rings (SSSR count). The summed E-state index contributed by atoms with van der Waals surface area (Å²) in [5.41, 5.74) is 0.987. The van der Waals surface area contributed by atoms with Crippen LogP contribution < -0.4 is 10.1 Å². The molecule has 0 fully saturated rings. The van der Waals surface area contributed by atoms with E-state index in [-0.39, 0.29) is 0 Å². The van der Waals surface area contributed by atoms with Crippen LogP contribution in [0.5, 0.6) is 5.75 Å². The van der Waals surface area contributed by atoms with Crippen LogP contribution in [0, 0.1) is 0 Å². The highest BCUT2D eigenvalue weighted by molar-refractivity contribution is 9.10. The molecule has 6 heteroatoms. The molecule has 0 radical (unpaired) electrons. The topological polar surface area (TPSA) is 52.0 Å². The minimum absolute atomic E-state index is 0.638. The van der Waals surface area contributed by atoms with Crippen molar-refractivity contribution in [1.29, 1.82) is 0 Å². The van der Waals surface area contributed by atoms with E-state index in [0.717, 1.165) is 28.3 Å². The number of nitrogens with one attached hydrogen (secondary N) is 1. The van der Waals surface area contributed by atoms with E-state index in [1.54, 1.807) is 13.4 Å². The molecule has 5 nitrogen and oxygen atoms in total. The number of rotatable bonds is 5. The summed E-state index contributed by atoms with van der Waals surface area (Å²) in [4.78, 5) is 4.21. The summed E-state index contributed by atoms with van der Waals surface area (Å²) in [5, 5.41) is 7.43. The Bertz CT molecular complexity index is 527. The van der Waals surface area contributed by atoms with Gasteiger partial charge in [0.1, 0.15) is 17.9 Å². The van der Waals surface area contributed by atoms with Gasteiger partial charge in [-0.2, -0.15) is 5.10 Å². The minimum atomic E-state index is 0.638. The molecule has 1 N–H and O–H groups in total. The highest BCUT2D eigenvalue weighted by Crippen LogP contribution is 2.27. The summed E-state index contributed by atoms with van der Waals surface area (Å²) in [7, 11) is 1.65. The molecule has 0 aliphatic heterocycles. The van der Waals surface area contributed by atoms with E-state index in [0.29, 0.717) is 6.54 Å². The predicted octanol–water partition coefficient (Wildman–Crippen LogP) is 2.68. The molecule has 0 saturated carbocycles. The first-order valence-corrected chi connectivity index (χ1v) is 6.48. The third kappa shape index (κ3) is 2.81. The number of anilines is 1. The van der Waals surface area contributed by atoms with Crippen LogP contribution in [0.15, 0.2) is 29.0 Å². The van der Waals surface area contributed by atoms with Crippen molar-refractivity contribution in [2.24, 2.45) is 0 Å². The average Bonchev–Trinajstić information content (AvgIpc) is 2.85. The second-order valence-electron chi connectivity index (χ2n) is 3.69. The molecule has 96 valence electrons. The molecular weight excluding hydrogens is 296 g/mol. The average molecular weight is 311 g/mol. The van der Waals surface area contributed by atoms with Gasteiger partial charge in [-0.05, 0) is 35.0 Å². The van der Waals surface area contributed by atoms with Crippen LogP contribution in [-0.4, -0.2) is 21.9 Å². The zero-order chi connectivity index (χ0) is 13.0. The Morgan fingerprint density at radius 3 is 3.00 bits per heavy atom. The van der Waals surface area contributed by atoms with Crippen LogP contribution in [0.25, 0.3) is 0 Å². The molecule has 1 aromatic carbocycles. The SMILES string of the molecule is CCn1ncnc1CNc1ccc(Br)c(OC)c1. The number of benzene rings is 1. The van der Waals surface area contributed by atoms with Crippen LogP contribution in [0.2, 0.25) is 0 Å². The Balaban J connectivity index is 2.06. The molecule has 0 saturated heterocycles. The second-order valence-corrected chi connectivity index (χ2v) is 4.55. The van der Waals surface area contributed by atoms with Crippen molar-refractivity contribution < 1.29 is 4.74 Å². The molecule has 0 amide bonds. The van der Waals surface area contributed by atoms with Crippen molar-refractivity contribution in [2.45, 2.75) is 20.0 Å². The van der Waals surface area contributed by atoms with E-state index in [9.17, 15) is 0 Å². The second kappa shape index (κ2) is 5.86. The first-order valence-electron chi connectivity index (χ1n) is 5.68. The Morgan fingerprint density at radius 1 is 1.44 bits per heavy atom. The molecule has 0 unspecified atom stereocenters. The zero-order valence-corrected chi connectivity index (χ0v) is 11.9. The first-order chi connectivity index (χ1) is 8.74. The van der Waals surface area contributed by atoms with Gasteiger partial charge in [0, 0.05) is 18.3 Å². The normalized spacial score (nSPS) is 10.4. The van der Waals surface area contributed by atoms with Gasteiger partial charge >= 0.3 is 0 Å². The molecule has 1 aromatic heterocycles. The van der Waals surface area contributed by atoms with E-state index in [1.165, 1.54) is 0 Å². The van der Waals surface area contributed by atoms with Crippen LogP contribution in [0.4, 0.5) is 5.69 Å². The van der Waals surface area contributed by atoms with Gasteiger partial charge in [-0.1, -0.05) is 0 Å². The van der Waals surface area contributed by atoms with Crippen molar-refractivity contribution >= 4 is 21.6 Å². The fraction of sp³-hybridized carbons (Fsp3) is 0.333. The summed E-state index contributed by atoms with van der Waals surface area (Å²) in [5.74, 6) is 1.72. The maximum Gasteiger partial charge on any atom is 0.146 e. The van der Waals surface area contributed by atoms with Crippen molar-refractivity contribution in [3.8, 4) is 5.75 Å². The highest BCUT2D eigenvalue weighted by atomic mass is 79.9. The van der Waals surface area contributed by atoms with E-state index < -0.39 is 0 Å². The van der Waals surface area contributed by atoms with Crippen molar-refractivity contribution in [2.75, 3.05) is 12.4 Å². The summed E-state index contributed by atoms with van der Waals surface area (Å²) in [6, 6.07) is 5.88. The summed E-state index contributed by atoms with van der Waals surface area (Å²) in [6.07, 6.45) is 1.57. The Morgan fingerprint density at radius 2 is 2.28 bits per heavy atom. The minimum Gasteiger partial charge on any atom is -0.495 e. The number of methoxy groups -OCH3 is 1. The predicted molar refractivity (Wildman–Crippen MR) is 73.7 cm³/mol. The third-order valence-electron chi connectivity index (χ3n) is 2.60. The molecular formula is C12H15BrN4O. The summed E-state index contributed by atoms with van der Waals surface area (Å²) in [6.45, 7) is 3.50. The van der Waals surface area contributed by atoms with E-state index in [4.69, 9.17) is 4.74 Å². The number of nitrogens with zero attached hydrogens (tertiary/aromatic N) is 3. The molecule has 18 heavy (non-hydrogen) atoms. The smallest absolute Gasteiger partial charge is 0.146 e. The lowest BCUT2D eigenvalue weighted by Gasteiger charge is -2.09. The van der Waals surface area contributed by atoms with Crippen LogP contribution in [-0.2, 0) is 13.1 Å². The lowest BCUT2D eigenvalue weighted by atomic mass is 10.3. The highest BCUT2D eigenvalue weighted by Gasteiger charge is 2.04. The van der Waals surface area contributed by atoms with E-state index in [2.05, 4.69) is 31.3 Å². The molecule has 0 aliphatic carbocycles. The fourth-order valence-electron chi connectivity index (χ4n) is 1.64. The van der Waals surface area contributed by atoms with Gasteiger partial charge in [-0.15, -0.1) is 0 Å². The van der Waals surface area contributed by atoms with Gasteiger partial charge in [0.05, 0.1) is 18.1 Å². The number of ether oxygens (including phenoxy) is 1. The number of halogens is 1. The third-order valence-corrected chi connectivity index (χ3v) is 3.25. The van der Waals surface area contributed by atoms with Gasteiger partial charge in [0.15, 0.2) is 0 Å². The van der Waals surface area contributed by atoms with E-state index >= 15 is 0 Å². The van der Waals surface area contributed by atoms with Crippen LogP contribution >= 0.6 is 15.9 Å². The number of hydrogen-bond acceptors (Lipinski definition) is 4. The molecule has 0 spiro atoms. The van der Waals surface area contributed by atoms with Gasteiger partial charge in [-0.25, -0.2) is 9.67 Å². The standard InChI is InChI=1S/C12H15BrN4O/c1-3-17-12(15-8-16-17)7-14-9-4-5-10(13)11(6-9)18-2/h4-6,8,14H,3,7H2,1-2H3. The lowest BCUT2D eigenvalue weighted by molar-refractivity contribution is 0.412. The summed E-state index contributed by atoms with van der Waals surface area (Å²) < 4.78 is 8.05. The molecule has 0 atom stereocenters. The van der Waals surface area contributed by atoms with Crippen molar-refractivity contribution in [1.82, 2.24) is 14.8 Å². The Hall–Kier alpha value is -1.56. The number of aromatic nitrogens is 3. The quantitative estimate of drug-likeness (QED) is 0.922. The first kappa shape index (κ1) is 12.9. The van der Waals surface area contributed by atoms with Crippen LogP contribution in [0.3, 0.4) is 0 Å². The monoisotopic (exact) mass is 310 g/mol. The van der Waals surface area contributed by atoms with Gasteiger partial charge < -0.3 is 10.1 Å². The Labute approximate surface area is 114 Å². The summed E-state index contributed by atoms with van der Waals surface area (Å²) >= 11 is 3.42. The van der Waals surface area contributed by atoms with Gasteiger partial charge in [-0.3, -0.25) is 0 Å². The maximum atomic E-state index is 5.25. The van der Waals surface area contributed by atoms with Gasteiger partial charge in [0.25, 0.3) is 0 Å². The molecule has 2 aromatic rings. The fourth-order valence-corrected chi connectivity index (χ4v) is 2.05. The molecule has 0 bridgehead atoms. The van der Waals surface area contributed by atoms with Crippen molar-refractivity contribution in [3.63, 3.8) is 0 Å². The number of aryl methyl sites for hydroxylation is 1. The largest absolute Gasteiger partial charge is 0.495 e. The van der Waals surface area contributed by atoms with Crippen LogP contribution in [0.1, 0.15) is 12.7 Å². The molecule has 1 heterocycles. The number of hydrogen-bond donors (Lipinski definition) is 1. The van der Waals surface area contributed by atoms with E-state index in [1.807, 2.05) is 29.8 Å². The molecule has 0 aliphatic rings. The Kier molecular flexibility index (Phi) is 4.19. The zero-order valence-electron chi connectivity index (χ0n) is 10.4. The van der Waals surface area contributed by atoms with Gasteiger partial charge in [0.2, 0.25) is 0 Å². The maximum absolute atomic E-state index is 5.25.